The van der Waals surface area contributed by atoms with E-state index < -0.39 is 23.8 Å². The van der Waals surface area contributed by atoms with Crippen molar-refractivity contribution in [1.29, 1.82) is 0 Å². The van der Waals surface area contributed by atoms with E-state index in [0.717, 1.165) is 24.5 Å². The summed E-state index contributed by atoms with van der Waals surface area (Å²) in [5.74, 6) is -0.422. The van der Waals surface area contributed by atoms with Crippen molar-refractivity contribution in [1.82, 2.24) is 20.3 Å². The molecule has 198 valence electrons. The van der Waals surface area contributed by atoms with E-state index in [2.05, 4.69) is 48.1 Å². The smallest absolute Gasteiger partial charge is 0.260 e. The molecule has 0 unspecified atom stereocenters. The molecular weight excluding hydrogens is 484 g/mol. The van der Waals surface area contributed by atoms with Gasteiger partial charge < -0.3 is 26.6 Å². The fraction of sp³-hybridized carbons (Fsp3) is 0.259. The summed E-state index contributed by atoms with van der Waals surface area (Å²) in [5.41, 5.74) is 2.36. The number of pyridine rings is 1. The third kappa shape index (κ3) is 8.40. The third-order valence-electron chi connectivity index (χ3n) is 5.35. The van der Waals surface area contributed by atoms with Crippen LogP contribution in [0.2, 0.25) is 0 Å². The Bertz CT molecular complexity index is 1270. The molecule has 1 atom stereocenters. The first-order chi connectivity index (χ1) is 18.4. The van der Waals surface area contributed by atoms with Gasteiger partial charge in [-0.05, 0) is 61.7 Å². The van der Waals surface area contributed by atoms with E-state index in [9.17, 15) is 14.4 Å². The van der Waals surface area contributed by atoms with Gasteiger partial charge in [-0.15, -0.1) is 0 Å². The lowest BCUT2D eigenvalue weighted by Crippen LogP contribution is -2.40. The number of carbonyl (C=O) groups excluding carboxylic acids is 3. The van der Waals surface area contributed by atoms with Gasteiger partial charge in [0.05, 0.1) is 0 Å². The van der Waals surface area contributed by atoms with Crippen molar-refractivity contribution in [3.8, 4) is 0 Å². The number of nitrogens with zero attached hydrogens (tertiary/aromatic N) is 3. The maximum absolute atomic E-state index is 13.1. The number of rotatable bonds is 13. The maximum atomic E-state index is 13.1. The predicted octanol–water partition coefficient (Wildman–Crippen LogP) is 3.23. The van der Waals surface area contributed by atoms with Crippen molar-refractivity contribution in [2.45, 2.75) is 32.7 Å². The summed E-state index contributed by atoms with van der Waals surface area (Å²) in [7, 11) is 0. The second kappa shape index (κ2) is 14.1. The Morgan fingerprint density at radius 1 is 1.03 bits per heavy atom. The Kier molecular flexibility index (Phi) is 10.3. The van der Waals surface area contributed by atoms with Crippen molar-refractivity contribution in [3.05, 3.63) is 78.8 Å². The topological polar surface area (TPSA) is 150 Å². The average molecular weight is 517 g/mol. The van der Waals surface area contributed by atoms with Crippen LogP contribution in [0, 0.1) is 0 Å². The van der Waals surface area contributed by atoms with Gasteiger partial charge in [-0.3, -0.25) is 19.4 Å². The second-order valence-electron chi connectivity index (χ2n) is 8.37. The summed E-state index contributed by atoms with van der Waals surface area (Å²) in [6.07, 6.45) is 7.70. The van der Waals surface area contributed by atoms with Gasteiger partial charge in [-0.1, -0.05) is 19.6 Å². The number of aromatic nitrogens is 3. The molecule has 0 aliphatic heterocycles. The fourth-order valence-electron chi connectivity index (χ4n) is 3.34. The monoisotopic (exact) mass is 516 g/mol. The molecule has 3 aromatic rings. The van der Waals surface area contributed by atoms with Gasteiger partial charge in [0, 0.05) is 43.1 Å². The molecule has 0 aliphatic carbocycles. The van der Waals surface area contributed by atoms with Crippen LogP contribution in [0.15, 0.2) is 67.6 Å². The van der Waals surface area contributed by atoms with Crippen LogP contribution in [0.3, 0.4) is 0 Å². The van der Waals surface area contributed by atoms with Crippen LogP contribution in [0.4, 0.5) is 23.1 Å². The molecule has 11 nitrogen and oxygen atoms in total. The van der Waals surface area contributed by atoms with Crippen LogP contribution in [0.1, 0.15) is 36.2 Å². The summed E-state index contributed by atoms with van der Waals surface area (Å²) in [6.45, 7) is 8.21. The fourth-order valence-corrected chi connectivity index (χ4v) is 3.34. The zero-order valence-electron chi connectivity index (χ0n) is 21.5. The van der Waals surface area contributed by atoms with Gasteiger partial charge in [0.1, 0.15) is 17.4 Å². The van der Waals surface area contributed by atoms with Gasteiger partial charge in [0.25, 0.3) is 5.91 Å². The maximum Gasteiger partial charge on any atom is 0.260 e. The summed E-state index contributed by atoms with van der Waals surface area (Å²) in [6, 6.07) is 9.83. The number of benzene rings is 1. The van der Waals surface area contributed by atoms with Crippen LogP contribution < -0.4 is 26.6 Å². The molecule has 0 bridgehead atoms. The van der Waals surface area contributed by atoms with Crippen molar-refractivity contribution in [2.24, 2.45) is 0 Å². The standard InChI is InChI=1S/C27H32N8O3/c1-4-12-29-24-22(17-31-27(35-24)30-15-11-19-9-13-28-14-10-19)26(38)34-21-8-6-7-20(16-21)33-25(37)18(3)32-23(36)5-2/h5-10,13-14,16-18H,2,4,11-12,15H2,1,3H3,(H,32,36)(H,33,37)(H,34,38)(H2,29,30,31,35)/t18-/m0/s1. The lowest BCUT2D eigenvalue weighted by atomic mass is 10.2. The Morgan fingerprint density at radius 2 is 1.76 bits per heavy atom. The van der Waals surface area contributed by atoms with E-state index in [4.69, 9.17) is 0 Å². The molecule has 2 aromatic heterocycles. The first-order valence-electron chi connectivity index (χ1n) is 12.3. The Hall–Kier alpha value is -4.80. The molecule has 0 fully saturated rings. The highest BCUT2D eigenvalue weighted by atomic mass is 16.2. The molecule has 0 aliphatic rings. The normalized spacial score (nSPS) is 11.1. The van der Waals surface area contributed by atoms with E-state index >= 15 is 0 Å². The van der Waals surface area contributed by atoms with Crippen LogP contribution >= 0.6 is 0 Å². The van der Waals surface area contributed by atoms with Gasteiger partial charge in [0.2, 0.25) is 17.8 Å². The molecule has 0 saturated heterocycles. The minimum absolute atomic E-state index is 0.285. The zero-order chi connectivity index (χ0) is 27.3. The van der Waals surface area contributed by atoms with Crippen LogP contribution in [-0.2, 0) is 16.0 Å². The molecule has 5 N–H and O–H groups in total. The summed E-state index contributed by atoms with van der Waals surface area (Å²) < 4.78 is 0. The minimum atomic E-state index is -0.764. The molecule has 0 radical (unpaired) electrons. The van der Waals surface area contributed by atoms with Gasteiger partial charge >= 0.3 is 0 Å². The summed E-state index contributed by atoms with van der Waals surface area (Å²) >= 11 is 0. The Balaban J connectivity index is 1.66. The minimum Gasteiger partial charge on any atom is -0.369 e. The average Bonchev–Trinajstić information content (AvgIpc) is 2.92. The van der Waals surface area contributed by atoms with E-state index in [-0.39, 0.29) is 5.56 Å². The Labute approximate surface area is 221 Å². The summed E-state index contributed by atoms with van der Waals surface area (Å²) in [5, 5.41) is 14.4. The predicted molar refractivity (Wildman–Crippen MR) is 148 cm³/mol. The molecule has 38 heavy (non-hydrogen) atoms. The highest BCUT2D eigenvalue weighted by Crippen LogP contribution is 2.19. The number of hydrogen-bond acceptors (Lipinski definition) is 8. The number of anilines is 4. The number of carbonyl (C=O) groups is 3. The van der Waals surface area contributed by atoms with Crippen molar-refractivity contribution >= 4 is 40.9 Å². The molecule has 11 heteroatoms. The molecule has 2 heterocycles. The largest absolute Gasteiger partial charge is 0.369 e. The molecule has 3 amide bonds. The van der Waals surface area contributed by atoms with Crippen molar-refractivity contribution in [3.63, 3.8) is 0 Å². The first kappa shape index (κ1) is 27.8. The lowest BCUT2D eigenvalue weighted by molar-refractivity contribution is -0.123. The highest BCUT2D eigenvalue weighted by Gasteiger charge is 2.17. The van der Waals surface area contributed by atoms with Crippen LogP contribution in [-0.4, -0.2) is 51.8 Å². The van der Waals surface area contributed by atoms with Gasteiger partial charge in [0.15, 0.2) is 0 Å². The zero-order valence-corrected chi connectivity index (χ0v) is 21.5. The third-order valence-corrected chi connectivity index (χ3v) is 5.35. The molecular formula is C27H32N8O3. The number of amides is 3. The van der Waals surface area contributed by atoms with E-state index in [0.29, 0.717) is 36.2 Å². The second-order valence-corrected chi connectivity index (χ2v) is 8.37. The molecule has 0 saturated carbocycles. The quantitative estimate of drug-likeness (QED) is 0.217. The van der Waals surface area contributed by atoms with Gasteiger partial charge in [-0.2, -0.15) is 4.98 Å². The first-order valence-corrected chi connectivity index (χ1v) is 12.3. The summed E-state index contributed by atoms with van der Waals surface area (Å²) in [4.78, 5) is 49.7. The molecule has 3 rings (SSSR count). The van der Waals surface area contributed by atoms with E-state index in [1.165, 1.54) is 6.20 Å². The number of nitrogens with one attached hydrogen (secondary N) is 5. The molecule has 1 aromatic carbocycles. The van der Waals surface area contributed by atoms with Gasteiger partial charge in [-0.25, -0.2) is 4.98 Å². The van der Waals surface area contributed by atoms with Crippen molar-refractivity contribution < 1.29 is 14.4 Å². The van der Waals surface area contributed by atoms with E-state index in [1.54, 1.807) is 43.6 Å². The Morgan fingerprint density at radius 3 is 2.47 bits per heavy atom. The van der Waals surface area contributed by atoms with E-state index in [1.807, 2.05) is 19.1 Å². The highest BCUT2D eigenvalue weighted by molar-refractivity contribution is 6.07. The van der Waals surface area contributed by atoms with Crippen LogP contribution in [0.5, 0.6) is 0 Å². The molecule has 0 spiro atoms. The number of hydrogen-bond donors (Lipinski definition) is 5. The van der Waals surface area contributed by atoms with Crippen molar-refractivity contribution in [2.75, 3.05) is 34.4 Å². The SMILES string of the molecule is C=CC(=O)N[C@@H](C)C(=O)Nc1cccc(NC(=O)c2cnc(NCCc3ccncc3)nc2NCCC)c1. The lowest BCUT2D eigenvalue weighted by Gasteiger charge is -2.15. The van der Waals surface area contributed by atoms with Crippen LogP contribution in [0.25, 0.3) is 0 Å².